The molecule has 60 valence electrons. The summed E-state index contributed by atoms with van der Waals surface area (Å²) in [5.74, 6) is 1.84. The second-order valence-electron chi connectivity index (χ2n) is 3.91. The third-order valence-electron chi connectivity index (χ3n) is 2.03. The summed E-state index contributed by atoms with van der Waals surface area (Å²) >= 11 is 0. The minimum Gasteiger partial charge on any atom is -0.260 e. The molecule has 0 aromatic carbocycles. The van der Waals surface area contributed by atoms with Gasteiger partial charge in [-0.25, -0.2) is 0 Å². The van der Waals surface area contributed by atoms with Crippen LogP contribution in [0, 0.1) is 5.41 Å². The standard InChI is InChI=1S/C8H16OS/c1-8(2)5-3-4-6-10(9)7-8/h3-7H2,1-2H3. The quantitative estimate of drug-likeness (QED) is 0.529. The van der Waals surface area contributed by atoms with Crippen LogP contribution in [-0.4, -0.2) is 15.7 Å². The van der Waals surface area contributed by atoms with Gasteiger partial charge in [-0.05, 0) is 18.3 Å². The first-order valence-corrected chi connectivity index (χ1v) is 5.44. The predicted octanol–water partition coefficient (Wildman–Crippen LogP) is 1.95. The monoisotopic (exact) mass is 160 g/mol. The summed E-state index contributed by atoms with van der Waals surface area (Å²) < 4.78 is 11.2. The molecule has 1 atom stereocenters. The summed E-state index contributed by atoms with van der Waals surface area (Å²) in [6, 6.07) is 0. The Balaban J connectivity index is 2.54. The smallest absolute Gasteiger partial charge is 0.0286 e. The fourth-order valence-electron chi connectivity index (χ4n) is 1.45. The zero-order chi connectivity index (χ0) is 7.61. The maximum Gasteiger partial charge on any atom is 0.0286 e. The molecule has 1 unspecified atom stereocenters. The largest absolute Gasteiger partial charge is 0.260 e. The van der Waals surface area contributed by atoms with Gasteiger partial charge in [-0.2, -0.15) is 0 Å². The maximum absolute atomic E-state index is 11.2. The molecule has 0 N–H and O–H groups in total. The van der Waals surface area contributed by atoms with Crippen LogP contribution in [0.4, 0.5) is 0 Å². The average Bonchev–Trinajstić information content (AvgIpc) is 1.90. The van der Waals surface area contributed by atoms with Gasteiger partial charge in [0.2, 0.25) is 0 Å². The highest BCUT2D eigenvalue weighted by atomic mass is 32.2. The summed E-state index contributed by atoms with van der Waals surface area (Å²) in [4.78, 5) is 0. The van der Waals surface area contributed by atoms with Crippen LogP contribution in [0.5, 0.6) is 0 Å². The van der Waals surface area contributed by atoms with Crippen LogP contribution in [0.3, 0.4) is 0 Å². The Kier molecular flexibility index (Phi) is 2.50. The molecule has 0 aromatic rings. The number of hydrogen-bond donors (Lipinski definition) is 0. The average molecular weight is 160 g/mol. The normalized spacial score (nSPS) is 33.2. The Morgan fingerprint density at radius 2 is 2.00 bits per heavy atom. The van der Waals surface area contributed by atoms with Crippen molar-refractivity contribution in [2.45, 2.75) is 33.1 Å². The lowest BCUT2D eigenvalue weighted by Gasteiger charge is -2.20. The highest BCUT2D eigenvalue weighted by molar-refractivity contribution is 7.85. The second-order valence-corrected chi connectivity index (χ2v) is 5.49. The van der Waals surface area contributed by atoms with Crippen LogP contribution in [-0.2, 0) is 10.8 Å². The van der Waals surface area contributed by atoms with Crippen LogP contribution in [0.1, 0.15) is 33.1 Å². The SMILES string of the molecule is CC1(C)CCCCS(=O)C1. The van der Waals surface area contributed by atoms with Gasteiger partial charge in [0.1, 0.15) is 0 Å². The molecule has 0 radical (unpaired) electrons. The summed E-state index contributed by atoms with van der Waals surface area (Å²) in [7, 11) is -0.527. The van der Waals surface area contributed by atoms with E-state index in [1.165, 1.54) is 12.8 Å². The molecule has 1 rings (SSSR count). The minimum atomic E-state index is -0.527. The van der Waals surface area contributed by atoms with Crippen molar-refractivity contribution in [3.8, 4) is 0 Å². The van der Waals surface area contributed by atoms with Crippen molar-refractivity contribution in [2.24, 2.45) is 5.41 Å². The Bertz CT molecular complexity index is 140. The van der Waals surface area contributed by atoms with E-state index in [4.69, 9.17) is 0 Å². The van der Waals surface area contributed by atoms with Crippen molar-refractivity contribution in [3.05, 3.63) is 0 Å². The van der Waals surface area contributed by atoms with Gasteiger partial charge >= 0.3 is 0 Å². The molecule has 1 aliphatic rings. The van der Waals surface area contributed by atoms with Crippen molar-refractivity contribution in [1.82, 2.24) is 0 Å². The predicted molar refractivity (Wildman–Crippen MR) is 45.5 cm³/mol. The van der Waals surface area contributed by atoms with Crippen LogP contribution in [0.25, 0.3) is 0 Å². The van der Waals surface area contributed by atoms with E-state index in [0.29, 0.717) is 5.41 Å². The van der Waals surface area contributed by atoms with E-state index in [0.717, 1.165) is 17.9 Å². The Hall–Kier alpha value is 0.150. The highest BCUT2D eigenvalue weighted by Gasteiger charge is 2.23. The Morgan fingerprint density at radius 1 is 1.30 bits per heavy atom. The van der Waals surface area contributed by atoms with Gasteiger partial charge < -0.3 is 0 Å². The van der Waals surface area contributed by atoms with Crippen molar-refractivity contribution in [2.75, 3.05) is 11.5 Å². The lowest BCUT2D eigenvalue weighted by atomic mass is 9.90. The van der Waals surface area contributed by atoms with Gasteiger partial charge in [0, 0.05) is 22.3 Å². The molecule has 0 amide bonds. The van der Waals surface area contributed by atoms with E-state index in [2.05, 4.69) is 13.8 Å². The molecule has 0 spiro atoms. The molecule has 1 nitrogen and oxygen atoms in total. The summed E-state index contributed by atoms with van der Waals surface area (Å²) in [6.45, 7) is 4.44. The zero-order valence-corrected chi connectivity index (χ0v) is 7.67. The molecular formula is C8H16OS. The maximum atomic E-state index is 11.2. The first-order chi connectivity index (χ1) is 4.60. The fraction of sp³-hybridized carbons (Fsp3) is 1.00. The van der Waals surface area contributed by atoms with Crippen molar-refractivity contribution in [3.63, 3.8) is 0 Å². The topological polar surface area (TPSA) is 17.1 Å². The molecule has 0 aromatic heterocycles. The van der Waals surface area contributed by atoms with Crippen molar-refractivity contribution >= 4 is 10.8 Å². The van der Waals surface area contributed by atoms with Crippen LogP contribution >= 0.6 is 0 Å². The molecule has 1 fully saturated rings. The molecule has 0 bridgehead atoms. The van der Waals surface area contributed by atoms with E-state index >= 15 is 0 Å². The first-order valence-electron chi connectivity index (χ1n) is 3.95. The van der Waals surface area contributed by atoms with Gasteiger partial charge in [-0.1, -0.05) is 20.3 Å². The summed E-state index contributed by atoms with van der Waals surface area (Å²) in [6.07, 6.45) is 3.67. The van der Waals surface area contributed by atoms with E-state index in [9.17, 15) is 4.21 Å². The lowest BCUT2D eigenvalue weighted by Crippen LogP contribution is -2.18. The van der Waals surface area contributed by atoms with Crippen LogP contribution in [0.15, 0.2) is 0 Å². The minimum absolute atomic E-state index is 0.335. The molecule has 0 saturated carbocycles. The van der Waals surface area contributed by atoms with Gasteiger partial charge in [0.25, 0.3) is 0 Å². The third kappa shape index (κ3) is 2.41. The molecule has 1 aliphatic heterocycles. The van der Waals surface area contributed by atoms with Gasteiger partial charge in [-0.3, -0.25) is 4.21 Å². The Morgan fingerprint density at radius 3 is 2.70 bits per heavy atom. The van der Waals surface area contributed by atoms with E-state index in [1.807, 2.05) is 0 Å². The van der Waals surface area contributed by atoms with Crippen molar-refractivity contribution < 1.29 is 4.21 Å². The fourth-order valence-corrected chi connectivity index (χ4v) is 3.13. The van der Waals surface area contributed by atoms with Crippen LogP contribution < -0.4 is 0 Å². The van der Waals surface area contributed by atoms with Crippen molar-refractivity contribution in [1.29, 1.82) is 0 Å². The second kappa shape index (κ2) is 3.04. The van der Waals surface area contributed by atoms with Gasteiger partial charge in [-0.15, -0.1) is 0 Å². The molecular weight excluding hydrogens is 144 g/mol. The number of rotatable bonds is 0. The molecule has 2 heteroatoms. The zero-order valence-electron chi connectivity index (χ0n) is 6.85. The van der Waals surface area contributed by atoms with Gasteiger partial charge in [0.05, 0.1) is 0 Å². The van der Waals surface area contributed by atoms with E-state index in [-0.39, 0.29) is 0 Å². The highest BCUT2D eigenvalue weighted by Crippen LogP contribution is 2.27. The molecule has 10 heavy (non-hydrogen) atoms. The summed E-state index contributed by atoms with van der Waals surface area (Å²) in [5, 5.41) is 0. The third-order valence-corrected chi connectivity index (χ3v) is 3.87. The summed E-state index contributed by atoms with van der Waals surface area (Å²) in [5.41, 5.74) is 0.335. The van der Waals surface area contributed by atoms with Gasteiger partial charge in [0.15, 0.2) is 0 Å². The Labute approximate surface area is 65.7 Å². The van der Waals surface area contributed by atoms with Crippen LogP contribution in [0.2, 0.25) is 0 Å². The first kappa shape index (κ1) is 8.25. The number of hydrogen-bond acceptors (Lipinski definition) is 1. The molecule has 0 aliphatic carbocycles. The molecule has 1 saturated heterocycles. The molecule has 1 heterocycles. The van der Waals surface area contributed by atoms with E-state index < -0.39 is 10.8 Å². The van der Waals surface area contributed by atoms with E-state index in [1.54, 1.807) is 0 Å². The lowest BCUT2D eigenvalue weighted by molar-refractivity contribution is 0.377.